The summed E-state index contributed by atoms with van der Waals surface area (Å²) < 4.78 is 11.4. The van der Waals surface area contributed by atoms with Gasteiger partial charge in [0.05, 0.1) is 6.04 Å². The number of hydrogen-bond acceptors (Lipinski definition) is 8. The summed E-state index contributed by atoms with van der Waals surface area (Å²) in [5.41, 5.74) is 2.47. The molecular formula is C19H20N6O2. The summed E-state index contributed by atoms with van der Waals surface area (Å²) in [6.45, 7) is 7.40. The fourth-order valence-electron chi connectivity index (χ4n) is 3.70. The molecule has 5 rings (SSSR count). The maximum atomic E-state index is 6.07. The van der Waals surface area contributed by atoms with Crippen LogP contribution in [0, 0.1) is 6.92 Å². The Hall–Kier alpha value is -3.00. The highest BCUT2D eigenvalue weighted by Gasteiger charge is 2.27. The number of piperazine rings is 1. The third-order valence-electron chi connectivity index (χ3n) is 5.20. The molecule has 1 aliphatic rings. The highest BCUT2D eigenvalue weighted by atomic mass is 16.5. The van der Waals surface area contributed by atoms with Crippen molar-refractivity contribution in [3.8, 4) is 0 Å². The van der Waals surface area contributed by atoms with Gasteiger partial charge in [-0.15, -0.1) is 0 Å². The van der Waals surface area contributed by atoms with Crippen molar-refractivity contribution in [2.75, 3.05) is 31.1 Å². The summed E-state index contributed by atoms with van der Waals surface area (Å²) in [5, 5.41) is 4.92. The zero-order valence-corrected chi connectivity index (χ0v) is 15.3. The van der Waals surface area contributed by atoms with Gasteiger partial charge in [-0.25, -0.2) is 9.97 Å². The number of furan rings is 1. The van der Waals surface area contributed by atoms with Gasteiger partial charge in [-0.3, -0.25) is 4.90 Å². The lowest BCUT2D eigenvalue weighted by Gasteiger charge is -2.37. The van der Waals surface area contributed by atoms with Crippen LogP contribution in [0.1, 0.15) is 24.7 Å². The molecule has 1 atom stereocenters. The second-order valence-corrected chi connectivity index (χ2v) is 6.85. The van der Waals surface area contributed by atoms with Gasteiger partial charge in [0.25, 0.3) is 0 Å². The summed E-state index contributed by atoms with van der Waals surface area (Å²) in [6, 6.07) is 8.07. The van der Waals surface area contributed by atoms with Gasteiger partial charge < -0.3 is 13.8 Å². The Kier molecular flexibility index (Phi) is 3.78. The Morgan fingerprint density at radius 2 is 1.89 bits per heavy atom. The van der Waals surface area contributed by atoms with Crippen LogP contribution in [0.2, 0.25) is 0 Å². The van der Waals surface area contributed by atoms with E-state index in [0.29, 0.717) is 11.7 Å². The summed E-state index contributed by atoms with van der Waals surface area (Å²) in [7, 11) is 0. The molecule has 4 heterocycles. The second-order valence-electron chi connectivity index (χ2n) is 6.85. The van der Waals surface area contributed by atoms with E-state index in [1.165, 1.54) is 0 Å². The normalized spacial score (nSPS) is 17.0. The van der Waals surface area contributed by atoms with Gasteiger partial charge in [0.15, 0.2) is 17.2 Å². The van der Waals surface area contributed by atoms with Crippen LogP contribution in [0.3, 0.4) is 0 Å². The van der Waals surface area contributed by atoms with Gasteiger partial charge in [-0.1, -0.05) is 17.3 Å². The van der Waals surface area contributed by atoms with Crippen molar-refractivity contribution in [2.24, 2.45) is 0 Å². The van der Waals surface area contributed by atoms with E-state index >= 15 is 0 Å². The molecule has 0 aliphatic carbocycles. The molecule has 1 saturated heterocycles. The fraction of sp³-hybridized carbons (Fsp3) is 0.368. The van der Waals surface area contributed by atoms with Crippen LogP contribution in [0.4, 0.5) is 5.82 Å². The third-order valence-corrected chi connectivity index (χ3v) is 5.20. The number of anilines is 1. The first-order chi connectivity index (χ1) is 13.2. The molecule has 0 radical (unpaired) electrons. The Balaban J connectivity index is 1.39. The highest BCUT2D eigenvalue weighted by molar-refractivity contribution is 6.05. The van der Waals surface area contributed by atoms with E-state index in [-0.39, 0.29) is 6.04 Å². The molecule has 8 nitrogen and oxygen atoms in total. The summed E-state index contributed by atoms with van der Waals surface area (Å²) in [4.78, 5) is 17.9. The van der Waals surface area contributed by atoms with Crippen LogP contribution in [-0.4, -0.2) is 51.2 Å². The minimum atomic E-state index is 0.102. The zero-order chi connectivity index (χ0) is 18.4. The smallest absolute Gasteiger partial charge is 0.243 e. The molecule has 0 N–H and O–H groups in total. The van der Waals surface area contributed by atoms with Gasteiger partial charge in [0.2, 0.25) is 5.89 Å². The average Bonchev–Trinajstić information content (AvgIpc) is 3.31. The number of aryl methyl sites for hydroxylation is 1. The van der Waals surface area contributed by atoms with Crippen molar-refractivity contribution in [1.82, 2.24) is 25.0 Å². The van der Waals surface area contributed by atoms with Crippen molar-refractivity contribution < 1.29 is 8.94 Å². The molecule has 3 aromatic heterocycles. The van der Waals surface area contributed by atoms with E-state index in [0.717, 1.165) is 54.1 Å². The van der Waals surface area contributed by atoms with Crippen molar-refractivity contribution >= 4 is 27.9 Å². The Bertz CT molecular complexity index is 1100. The molecule has 4 aromatic rings. The van der Waals surface area contributed by atoms with E-state index in [1.54, 1.807) is 6.33 Å². The van der Waals surface area contributed by atoms with E-state index in [2.05, 4.69) is 36.8 Å². The average molecular weight is 364 g/mol. The molecular weight excluding hydrogens is 344 g/mol. The Labute approximate surface area is 155 Å². The molecule has 1 aliphatic heterocycles. The number of fused-ring (bicyclic) bond motifs is 3. The minimum absolute atomic E-state index is 0.102. The number of aromatic nitrogens is 4. The van der Waals surface area contributed by atoms with Gasteiger partial charge in [0.1, 0.15) is 17.4 Å². The highest BCUT2D eigenvalue weighted by Crippen LogP contribution is 2.32. The van der Waals surface area contributed by atoms with Crippen LogP contribution in [0.15, 0.2) is 39.5 Å². The molecule has 0 spiro atoms. The van der Waals surface area contributed by atoms with Crippen LogP contribution >= 0.6 is 0 Å². The largest absolute Gasteiger partial charge is 0.450 e. The number of nitrogens with zero attached hydrogens (tertiary/aromatic N) is 6. The number of benzene rings is 1. The van der Waals surface area contributed by atoms with Crippen molar-refractivity contribution in [2.45, 2.75) is 19.9 Å². The topological polar surface area (TPSA) is 84.3 Å². The first-order valence-electron chi connectivity index (χ1n) is 9.12. The van der Waals surface area contributed by atoms with Gasteiger partial charge >= 0.3 is 0 Å². The summed E-state index contributed by atoms with van der Waals surface area (Å²) in [6.07, 6.45) is 1.62. The second kappa shape index (κ2) is 6.31. The number of rotatable bonds is 3. The van der Waals surface area contributed by atoms with Crippen molar-refractivity contribution in [3.63, 3.8) is 0 Å². The predicted molar refractivity (Wildman–Crippen MR) is 101 cm³/mol. The molecule has 1 aromatic carbocycles. The Morgan fingerprint density at radius 1 is 1.07 bits per heavy atom. The SMILES string of the molecule is Cc1noc(C(C)N2CCN(c3ncnc4c3oc3ccccc34)CC2)n1. The molecule has 8 heteroatoms. The van der Waals surface area contributed by atoms with Crippen LogP contribution < -0.4 is 4.90 Å². The number of para-hydroxylation sites is 1. The molecule has 27 heavy (non-hydrogen) atoms. The van der Waals surface area contributed by atoms with Gasteiger partial charge in [0, 0.05) is 31.6 Å². The maximum Gasteiger partial charge on any atom is 0.243 e. The van der Waals surface area contributed by atoms with Gasteiger partial charge in [-0.05, 0) is 26.0 Å². The number of hydrogen-bond donors (Lipinski definition) is 0. The lowest BCUT2D eigenvalue weighted by Crippen LogP contribution is -2.47. The molecule has 0 amide bonds. The van der Waals surface area contributed by atoms with Crippen LogP contribution in [0.5, 0.6) is 0 Å². The van der Waals surface area contributed by atoms with E-state index in [4.69, 9.17) is 8.94 Å². The van der Waals surface area contributed by atoms with Crippen molar-refractivity contribution in [1.29, 1.82) is 0 Å². The maximum absolute atomic E-state index is 6.07. The van der Waals surface area contributed by atoms with Gasteiger partial charge in [-0.2, -0.15) is 4.98 Å². The molecule has 138 valence electrons. The quantitative estimate of drug-likeness (QED) is 0.549. The predicted octanol–water partition coefficient (Wildman–Crippen LogP) is 2.95. The first-order valence-corrected chi connectivity index (χ1v) is 9.12. The van der Waals surface area contributed by atoms with Crippen LogP contribution in [-0.2, 0) is 0 Å². The zero-order valence-electron chi connectivity index (χ0n) is 15.3. The summed E-state index contributed by atoms with van der Waals surface area (Å²) in [5.74, 6) is 2.20. The molecule has 1 fully saturated rings. The first kappa shape index (κ1) is 16.2. The Morgan fingerprint density at radius 3 is 2.67 bits per heavy atom. The molecule has 1 unspecified atom stereocenters. The third kappa shape index (κ3) is 2.73. The lowest BCUT2D eigenvalue weighted by atomic mass is 10.2. The van der Waals surface area contributed by atoms with Crippen molar-refractivity contribution in [3.05, 3.63) is 42.3 Å². The van der Waals surface area contributed by atoms with E-state index in [1.807, 2.05) is 31.2 Å². The molecule has 0 bridgehead atoms. The van der Waals surface area contributed by atoms with E-state index < -0.39 is 0 Å². The summed E-state index contributed by atoms with van der Waals surface area (Å²) >= 11 is 0. The standard InChI is InChI=1S/C19H20N6O2/c1-12(19-22-13(2)23-27-19)24-7-9-25(10-8-24)18-17-16(20-11-21-18)14-5-3-4-6-15(14)26-17/h3-6,11-12H,7-10H2,1-2H3. The lowest BCUT2D eigenvalue weighted by molar-refractivity contribution is 0.164. The van der Waals surface area contributed by atoms with E-state index in [9.17, 15) is 0 Å². The monoisotopic (exact) mass is 364 g/mol. The molecule has 0 saturated carbocycles. The van der Waals surface area contributed by atoms with Crippen LogP contribution in [0.25, 0.3) is 22.1 Å². The fourth-order valence-corrected chi connectivity index (χ4v) is 3.70. The minimum Gasteiger partial charge on any atom is -0.450 e.